The largest absolute Gasteiger partial charge is 0.493 e. The summed E-state index contributed by atoms with van der Waals surface area (Å²) in [4.78, 5) is 34.7. The number of benzene rings is 1. The Labute approximate surface area is 177 Å². The smallest absolute Gasteiger partial charge is 0.315 e. The Hall–Kier alpha value is -2.97. The van der Waals surface area contributed by atoms with Gasteiger partial charge in [-0.2, -0.15) is 0 Å². The first-order chi connectivity index (χ1) is 14.5. The highest BCUT2D eigenvalue weighted by molar-refractivity contribution is 5.76. The van der Waals surface area contributed by atoms with Crippen molar-refractivity contribution in [2.45, 2.75) is 57.5 Å². The molecule has 0 bridgehead atoms. The van der Waals surface area contributed by atoms with E-state index in [1.54, 1.807) is 18.2 Å². The standard InChI is InChI=1S/C21H32N4O5/c1-29-18-12-15(9-10-17(18)30-14-19(22)26)13-24-20(27)8-5-11-23-21(28)25-16-6-3-2-4-7-16/h9-10,12,16H,2-8,11,13-14H2,1H3,(H2,22,26)(H,24,27)(H2,23,25,28). The molecule has 30 heavy (non-hydrogen) atoms. The molecule has 0 aromatic heterocycles. The highest BCUT2D eigenvalue weighted by Gasteiger charge is 2.15. The number of carbonyl (C=O) groups excluding carboxylic acids is 3. The van der Waals surface area contributed by atoms with Gasteiger partial charge in [0.25, 0.3) is 5.91 Å². The first-order valence-electron chi connectivity index (χ1n) is 10.4. The number of hydrogen-bond acceptors (Lipinski definition) is 5. The number of nitrogens with two attached hydrogens (primary N) is 1. The molecule has 0 atom stereocenters. The van der Waals surface area contributed by atoms with Gasteiger partial charge in [-0.3, -0.25) is 9.59 Å². The first kappa shape index (κ1) is 23.3. The fourth-order valence-corrected chi connectivity index (χ4v) is 3.31. The van der Waals surface area contributed by atoms with Gasteiger partial charge < -0.3 is 31.2 Å². The van der Waals surface area contributed by atoms with Crippen molar-refractivity contribution >= 4 is 17.8 Å². The molecule has 0 heterocycles. The van der Waals surface area contributed by atoms with E-state index in [1.165, 1.54) is 26.4 Å². The predicted molar refractivity (Wildman–Crippen MR) is 112 cm³/mol. The van der Waals surface area contributed by atoms with E-state index in [2.05, 4.69) is 16.0 Å². The minimum absolute atomic E-state index is 0.0995. The van der Waals surface area contributed by atoms with Crippen LogP contribution in [-0.2, 0) is 16.1 Å². The van der Waals surface area contributed by atoms with Crippen LogP contribution in [0.25, 0.3) is 0 Å². The number of nitrogens with one attached hydrogen (secondary N) is 3. The maximum absolute atomic E-state index is 12.0. The van der Waals surface area contributed by atoms with E-state index >= 15 is 0 Å². The zero-order valence-electron chi connectivity index (χ0n) is 17.5. The highest BCUT2D eigenvalue weighted by atomic mass is 16.5. The van der Waals surface area contributed by atoms with Crippen molar-refractivity contribution < 1.29 is 23.9 Å². The van der Waals surface area contributed by atoms with E-state index in [0.29, 0.717) is 37.4 Å². The predicted octanol–water partition coefficient (Wildman–Crippen LogP) is 1.59. The number of amides is 4. The van der Waals surface area contributed by atoms with Crippen molar-refractivity contribution in [2.75, 3.05) is 20.3 Å². The summed E-state index contributed by atoms with van der Waals surface area (Å²) in [6, 6.07) is 5.28. The van der Waals surface area contributed by atoms with Gasteiger partial charge in [0.2, 0.25) is 5.91 Å². The average molecular weight is 421 g/mol. The van der Waals surface area contributed by atoms with Crippen LogP contribution in [0.3, 0.4) is 0 Å². The van der Waals surface area contributed by atoms with Crippen molar-refractivity contribution in [2.24, 2.45) is 5.73 Å². The monoisotopic (exact) mass is 420 g/mol. The second-order valence-electron chi connectivity index (χ2n) is 7.36. The summed E-state index contributed by atoms with van der Waals surface area (Å²) in [7, 11) is 1.49. The zero-order chi connectivity index (χ0) is 21.8. The lowest BCUT2D eigenvalue weighted by molar-refractivity contribution is -0.121. The van der Waals surface area contributed by atoms with E-state index in [1.807, 2.05) is 0 Å². The summed E-state index contributed by atoms with van der Waals surface area (Å²) in [5.74, 6) is 0.187. The minimum atomic E-state index is -0.575. The van der Waals surface area contributed by atoms with Gasteiger partial charge in [-0.1, -0.05) is 25.3 Å². The normalized spacial score (nSPS) is 13.9. The third-order valence-electron chi connectivity index (χ3n) is 4.89. The van der Waals surface area contributed by atoms with Crippen LogP contribution in [0.5, 0.6) is 11.5 Å². The van der Waals surface area contributed by atoms with Gasteiger partial charge in [0.05, 0.1) is 7.11 Å². The number of ether oxygens (including phenoxy) is 2. The molecule has 0 radical (unpaired) electrons. The number of rotatable bonds is 11. The SMILES string of the molecule is COc1cc(CNC(=O)CCCNC(=O)NC2CCCCC2)ccc1OCC(N)=O. The van der Waals surface area contributed by atoms with Crippen LogP contribution in [0.2, 0.25) is 0 Å². The Bertz CT molecular complexity index is 719. The molecule has 0 saturated heterocycles. The third kappa shape index (κ3) is 8.59. The highest BCUT2D eigenvalue weighted by Crippen LogP contribution is 2.28. The molecule has 0 aliphatic heterocycles. The van der Waals surface area contributed by atoms with Crippen molar-refractivity contribution in [3.8, 4) is 11.5 Å². The van der Waals surface area contributed by atoms with Crippen LogP contribution >= 0.6 is 0 Å². The van der Waals surface area contributed by atoms with Crippen LogP contribution in [0.4, 0.5) is 4.79 Å². The van der Waals surface area contributed by atoms with E-state index in [0.717, 1.165) is 18.4 Å². The van der Waals surface area contributed by atoms with Crippen LogP contribution in [0.15, 0.2) is 18.2 Å². The summed E-state index contributed by atoms with van der Waals surface area (Å²) in [5, 5.41) is 8.63. The molecule has 1 saturated carbocycles. The van der Waals surface area contributed by atoms with Crippen molar-refractivity contribution in [1.82, 2.24) is 16.0 Å². The molecule has 1 aliphatic carbocycles. The fraction of sp³-hybridized carbons (Fsp3) is 0.571. The molecule has 1 aromatic carbocycles. The molecule has 5 N–H and O–H groups in total. The maximum atomic E-state index is 12.0. The number of hydrogen-bond donors (Lipinski definition) is 4. The summed E-state index contributed by atoms with van der Waals surface area (Å²) in [6.45, 7) is 0.547. The lowest BCUT2D eigenvalue weighted by atomic mass is 9.96. The van der Waals surface area contributed by atoms with Gasteiger partial charge in [0.1, 0.15) is 0 Å². The molecule has 9 heteroatoms. The molecule has 166 valence electrons. The molecule has 1 aliphatic rings. The van der Waals surface area contributed by atoms with Crippen LogP contribution in [-0.4, -0.2) is 44.1 Å². The van der Waals surface area contributed by atoms with Crippen LogP contribution in [0.1, 0.15) is 50.5 Å². The van der Waals surface area contributed by atoms with Crippen LogP contribution in [0, 0.1) is 0 Å². The number of carbonyl (C=O) groups is 3. The summed E-state index contributed by atoms with van der Waals surface area (Å²) in [5.41, 5.74) is 5.90. The van der Waals surface area contributed by atoms with E-state index in [9.17, 15) is 14.4 Å². The quantitative estimate of drug-likeness (QED) is 0.404. The van der Waals surface area contributed by atoms with Gasteiger partial charge in [-0.25, -0.2) is 4.79 Å². The second-order valence-corrected chi connectivity index (χ2v) is 7.36. The number of primary amides is 1. The second kappa shape index (κ2) is 12.6. The topological polar surface area (TPSA) is 132 Å². The molecule has 1 aromatic rings. The maximum Gasteiger partial charge on any atom is 0.315 e. The fourth-order valence-electron chi connectivity index (χ4n) is 3.31. The Morgan fingerprint density at radius 1 is 1.10 bits per heavy atom. The summed E-state index contributed by atoms with van der Waals surface area (Å²) >= 11 is 0. The van der Waals surface area contributed by atoms with Gasteiger partial charge in [0.15, 0.2) is 18.1 Å². The van der Waals surface area contributed by atoms with Gasteiger partial charge in [0, 0.05) is 25.6 Å². The lowest BCUT2D eigenvalue weighted by Gasteiger charge is -2.22. The third-order valence-corrected chi connectivity index (χ3v) is 4.89. The van der Waals surface area contributed by atoms with E-state index in [-0.39, 0.29) is 24.6 Å². The number of methoxy groups -OCH3 is 1. The van der Waals surface area contributed by atoms with E-state index < -0.39 is 5.91 Å². The minimum Gasteiger partial charge on any atom is -0.493 e. The zero-order valence-corrected chi connectivity index (χ0v) is 17.5. The summed E-state index contributed by atoms with van der Waals surface area (Å²) < 4.78 is 10.5. The lowest BCUT2D eigenvalue weighted by Crippen LogP contribution is -2.43. The van der Waals surface area contributed by atoms with Crippen molar-refractivity contribution in [1.29, 1.82) is 0 Å². The Morgan fingerprint density at radius 2 is 1.87 bits per heavy atom. The van der Waals surface area contributed by atoms with E-state index in [4.69, 9.17) is 15.2 Å². The molecule has 4 amide bonds. The molecule has 0 unspecified atom stereocenters. The Morgan fingerprint density at radius 3 is 2.57 bits per heavy atom. The van der Waals surface area contributed by atoms with Crippen molar-refractivity contribution in [3.05, 3.63) is 23.8 Å². The molecular weight excluding hydrogens is 388 g/mol. The Kier molecular flexibility index (Phi) is 9.76. The molecular formula is C21H32N4O5. The molecule has 1 fully saturated rings. The molecule has 9 nitrogen and oxygen atoms in total. The van der Waals surface area contributed by atoms with Crippen molar-refractivity contribution in [3.63, 3.8) is 0 Å². The first-order valence-corrected chi connectivity index (χ1v) is 10.4. The molecule has 0 spiro atoms. The average Bonchev–Trinajstić information content (AvgIpc) is 2.74. The van der Waals surface area contributed by atoms with Gasteiger partial charge in [-0.05, 0) is 37.0 Å². The summed E-state index contributed by atoms with van der Waals surface area (Å²) in [6.07, 6.45) is 6.54. The Balaban J connectivity index is 1.64. The number of urea groups is 1. The van der Waals surface area contributed by atoms with Gasteiger partial charge >= 0.3 is 6.03 Å². The van der Waals surface area contributed by atoms with Crippen LogP contribution < -0.4 is 31.2 Å². The van der Waals surface area contributed by atoms with Gasteiger partial charge in [-0.15, -0.1) is 0 Å². The molecule has 2 rings (SSSR count).